The van der Waals surface area contributed by atoms with E-state index < -0.39 is 0 Å². The molecular weight excluding hydrogens is 300 g/mol. The van der Waals surface area contributed by atoms with Crippen LogP contribution in [0.15, 0.2) is 12.1 Å². The molecule has 116 valence electrons. The van der Waals surface area contributed by atoms with Gasteiger partial charge in [0.05, 0.1) is 16.1 Å². The van der Waals surface area contributed by atoms with Gasteiger partial charge in [0.25, 0.3) is 5.91 Å². The quantitative estimate of drug-likeness (QED) is 0.880. The lowest BCUT2D eigenvalue weighted by molar-refractivity contribution is -0.148. The van der Waals surface area contributed by atoms with Crippen LogP contribution in [-0.2, 0) is 14.3 Å². The number of anilines is 1. The van der Waals surface area contributed by atoms with Crippen molar-refractivity contribution in [3.8, 4) is 0 Å². The Morgan fingerprint density at radius 1 is 1.41 bits per heavy atom. The normalized spacial score (nSPS) is 20.0. The SMILES string of the molecule is Cc1cc(C)c2nc(NC(=O)COC(=O)[C@@H]3C[C@H]3C)sc2c1. The summed E-state index contributed by atoms with van der Waals surface area (Å²) in [4.78, 5) is 27.9. The highest BCUT2D eigenvalue weighted by Crippen LogP contribution is 2.38. The number of esters is 1. The van der Waals surface area contributed by atoms with Gasteiger partial charge in [0, 0.05) is 0 Å². The molecule has 5 nitrogen and oxygen atoms in total. The summed E-state index contributed by atoms with van der Waals surface area (Å²) in [6.45, 7) is 5.77. The Balaban J connectivity index is 1.61. The summed E-state index contributed by atoms with van der Waals surface area (Å²) in [6, 6.07) is 4.11. The number of ether oxygens (including phenoxy) is 1. The molecule has 0 aliphatic heterocycles. The number of benzene rings is 1. The lowest BCUT2D eigenvalue weighted by atomic mass is 10.1. The summed E-state index contributed by atoms with van der Waals surface area (Å²) in [7, 11) is 0. The topological polar surface area (TPSA) is 68.3 Å². The van der Waals surface area contributed by atoms with Gasteiger partial charge in [0.15, 0.2) is 11.7 Å². The fourth-order valence-electron chi connectivity index (χ4n) is 2.47. The number of hydrogen-bond donors (Lipinski definition) is 1. The molecule has 1 saturated carbocycles. The van der Waals surface area contributed by atoms with Crippen molar-refractivity contribution in [3.63, 3.8) is 0 Å². The largest absolute Gasteiger partial charge is 0.455 e. The van der Waals surface area contributed by atoms with E-state index in [2.05, 4.69) is 16.4 Å². The molecule has 6 heteroatoms. The molecule has 0 saturated heterocycles. The molecule has 2 aromatic rings. The maximum Gasteiger partial charge on any atom is 0.309 e. The number of nitrogens with one attached hydrogen (secondary N) is 1. The van der Waals surface area contributed by atoms with E-state index in [1.165, 1.54) is 16.9 Å². The minimum Gasteiger partial charge on any atom is -0.455 e. The van der Waals surface area contributed by atoms with E-state index in [1.807, 2.05) is 26.8 Å². The van der Waals surface area contributed by atoms with Gasteiger partial charge in [0.1, 0.15) is 0 Å². The molecule has 1 N–H and O–H groups in total. The molecule has 1 aromatic carbocycles. The number of carbonyl (C=O) groups excluding carboxylic acids is 2. The number of rotatable bonds is 4. The molecule has 1 amide bonds. The zero-order valence-electron chi connectivity index (χ0n) is 12.8. The van der Waals surface area contributed by atoms with Crippen molar-refractivity contribution in [2.24, 2.45) is 11.8 Å². The molecule has 1 fully saturated rings. The first kappa shape index (κ1) is 15.0. The standard InChI is InChI=1S/C16H18N2O3S/c1-8-4-10(3)14-12(5-8)22-16(18-14)17-13(19)7-21-15(20)11-6-9(11)2/h4-5,9,11H,6-7H2,1-3H3,(H,17,18,19)/t9-,11-/m1/s1. The van der Waals surface area contributed by atoms with Crippen molar-refractivity contribution < 1.29 is 14.3 Å². The van der Waals surface area contributed by atoms with Gasteiger partial charge in [-0.25, -0.2) is 4.98 Å². The predicted octanol–water partition coefficient (Wildman–Crippen LogP) is 3.05. The highest BCUT2D eigenvalue weighted by molar-refractivity contribution is 7.22. The minimum atomic E-state index is -0.352. The van der Waals surface area contributed by atoms with Crippen LogP contribution in [0, 0.1) is 25.7 Å². The molecule has 3 rings (SSSR count). The van der Waals surface area contributed by atoms with Crippen molar-refractivity contribution in [2.45, 2.75) is 27.2 Å². The summed E-state index contributed by atoms with van der Waals surface area (Å²) in [5.74, 6) is -0.277. The molecule has 0 bridgehead atoms. The van der Waals surface area contributed by atoms with Gasteiger partial charge in [-0.05, 0) is 43.4 Å². The number of hydrogen-bond acceptors (Lipinski definition) is 5. The third-order valence-electron chi connectivity index (χ3n) is 3.83. The van der Waals surface area contributed by atoms with Crippen LogP contribution < -0.4 is 5.32 Å². The zero-order valence-corrected chi connectivity index (χ0v) is 13.6. The van der Waals surface area contributed by atoms with Crippen LogP contribution in [0.4, 0.5) is 5.13 Å². The third kappa shape index (κ3) is 3.11. The van der Waals surface area contributed by atoms with Crippen molar-refractivity contribution in [1.82, 2.24) is 4.98 Å². The number of thiazole rings is 1. The van der Waals surface area contributed by atoms with Gasteiger partial charge in [-0.15, -0.1) is 0 Å². The van der Waals surface area contributed by atoms with Gasteiger partial charge < -0.3 is 4.74 Å². The monoisotopic (exact) mass is 318 g/mol. The molecule has 0 radical (unpaired) electrons. The summed E-state index contributed by atoms with van der Waals surface area (Å²) in [5, 5.41) is 3.23. The Hall–Kier alpha value is -1.95. The van der Waals surface area contributed by atoms with Gasteiger partial charge in [-0.2, -0.15) is 0 Å². The van der Waals surface area contributed by atoms with E-state index >= 15 is 0 Å². The summed E-state index contributed by atoms with van der Waals surface area (Å²) >= 11 is 1.42. The van der Waals surface area contributed by atoms with Gasteiger partial charge >= 0.3 is 5.97 Å². The smallest absolute Gasteiger partial charge is 0.309 e. The molecule has 2 atom stereocenters. The van der Waals surface area contributed by atoms with Crippen molar-refractivity contribution >= 4 is 38.6 Å². The van der Waals surface area contributed by atoms with E-state index in [-0.39, 0.29) is 24.4 Å². The second-order valence-corrected chi connectivity index (χ2v) is 6.95. The first-order valence-corrected chi connectivity index (χ1v) is 8.10. The Morgan fingerprint density at radius 3 is 2.82 bits per heavy atom. The van der Waals surface area contributed by atoms with Crippen molar-refractivity contribution in [3.05, 3.63) is 23.3 Å². The molecule has 1 aliphatic carbocycles. The zero-order chi connectivity index (χ0) is 15.9. The van der Waals surface area contributed by atoms with Crippen LogP contribution in [0.3, 0.4) is 0 Å². The molecular formula is C16H18N2O3S. The van der Waals surface area contributed by atoms with Crippen LogP contribution in [-0.4, -0.2) is 23.5 Å². The van der Waals surface area contributed by atoms with Crippen LogP contribution in [0.1, 0.15) is 24.5 Å². The lowest BCUT2D eigenvalue weighted by Gasteiger charge is -2.03. The minimum absolute atomic E-state index is 0.0270. The summed E-state index contributed by atoms with van der Waals surface area (Å²) < 4.78 is 6.05. The number of fused-ring (bicyclic) bond motifs is 1. The molecule has 1 aromatic heterocycles. The number of amides is 1. The number of aromatic nitrogens is 1. The molecule has 22 heavy (non-hydrogen) atoms. The second-order valence-electron chi connectivity index (χ2n) is 5.92. The van der Waals surface area contributed by atoms with Crippen molar-refractivity contribution in [1.29, 1.82) is 0 Å². The maximum atomic E-state index is 11.8. The van der Waals surface area contributed by atoms with Crippen LogP contribution in [0.5, 0.6) is 0 Å². The molecule has 0 spiro atoms. The number of aryl methyl sites for hydroxylation is 2. The van der Waals surface area contributed by atoms with Crippen molar-refractivity contribution in [2.75, 3.05) is 11.9 Å². The third-order valence-corrected chi connectivity index (χ3v) is 4.75. The fraction of sp³-hybridized carbons (Fsp3) is 0.438. The first-order chi connectivity index (χ1) is 10.4. The Labute approximate surface area is 132 Å². The van der Waals surface area contributed by atoms with E-state index in [0.717, 1.165) is 22.2 Å². The molecule has 1 heterocycles. The van der Waals surface area contributed by atoms with Crippen LogP contribution >= 0.6 is 11.3 Å². The van der Waals surface area contributed by atoms with E-state index in [0.29, 0.717) is 11.0 Å². The molecule has 0 unspecified atom stereocenters. The highest BCUT2D eigenvalue weighted by Gasteiger charge is 2.40. The summed E-state index contributed by atoms with van der Waals surface area (Å²) in [6.07, 6.45) is 0.858. The number of nitrogens with zero attached hydrogens (tertiary/aromatic N) is 1. The Morgan fingerprint density at radius 2 is 2.14 bits per heavy atom. The first-order valence-electron chi connectivity index (χ1n) is 7.28. The fourth-order valence-corrected chi connectivity index (χ4v) is 3.53. The van der Waals surface area contributed by atoms with Gasteiger partial charge in [-0.1, -0.05) is 24.3 Å². The summed E-state index contributed by atoms with van der Waals surface area (Å²) in [5.41, 5.74) is 3.15. The lowest BCUT2D eigenvalue weighted by Crippen LogP contribution is -2.21. The van der Waals surface area contributed by atoms with Gasteiger partial charge in [-0.3, -0.25) is 14.9 Å². The van der Waals surface area contributed by atoms with E-state index in [1.54, 1.807) is 0 Å². The number of carbonyl (C=O) groups is 2. The average molecular weight is 318 g/mol. The second kappa shape index (κ2) is 5.68. The van der Waals surface area contributed by atoms with E-state index in [9.17, 15) is 9.59 Å². The van der Waals surface area contributed by atoms with Gasteiger partial charge in [0.2, 0.25) is 0 Å². The van der Waals surface area contributed by atoms with E-state index in [4.69, 9.17) is 4.74 Å². The van der Waals surface area contributed by atoms with Crippen LogP contribution in [0.25, 0.3) is 10.2 Å². The Kier molecular flexibility index (Phi) is 3.87. The van der Waals surface area contributed by atoms with Crippen LogP contribution in [0.2, 0.25) is 0 Å². The molecule has 1 aliphatic rings. The maximum absolute atomic E-state index is 11.8. The highest BCUT2D eigenvalue weighted by atomic mass is 32.1. The Bertz CT molecular complexity index is 753. The average Bonchev–Trinajstić information content (AvgIpc) is 3.03. The predicted molar refractivity (Wildman–Crippen MR) is 86.0 cm³/mol.